The summed E-state index contributed by atoms with van der Waals surface area (Å²) in [5.41, 5.74) is 2.26. The average molecular weight is 433 g/mol. The van der Waals surface area contributed by atoms with E-state index in [-0.39, 0.29) is 5.92 Å². The van der Waals surface area contributed by atoms with Crippen LogP contribution in [0.3, 0.4) is 0 Å². The Hall–Kier alpha value is -2.95. The minimum Gasteiger partial charge on any atom is -0.480 e. The van der Waals surface area contributed by atoms with E-state index in [1.165, 1.54) is 0 Å². The molecular formula is C28H36N2O2. The molecule has 0 aliphatic carbocycles. The van der Waals surface area contributed by atoms with Gasteiger partial charge in [-0.2, -0.15) is 0 Å². The molecule has 3 rings (SSSR count). The quantitative estimate of drug-likeness (QED) is 0.402. The predicted molar refractivity (Wildman–Crippen MR) is 133 cm³/mol. The summed E-state index contributed by atoms with van der Waals surface area (Å²) in [6, 6.07) is 29.4. The maximum atomic E-state index is 12.1. The lowest BCUT2D eigenvalue weighted by molar-refractivity contribution is -0.141. The Morgan fingerprint density at radius 2 is 1.09 bits per heavy atom. The molecule has 0 spiro atoms. The standard InChI is InChI=1S/C24H25NO2.C4H11N/c1-18(2)22(23(26)27)25-24(19-12-6-3-7-13-19,20-14-8-4-9-15-20)21-16-10-5-11-17-21;1-3-5-4-2/h3-18,22,25H,1-2H3,(H,26,27);5H,3-4H2,1-2H3. The molecule has 0 saturated heterocycles. The van der Waals surface area contributed by atoms with Crippen molar-refractivity contribution in [3.05, 3.63) is 108 Å². The molecule has 170 valence electrons. The molecule has 1 unspecified atom stereocenters. The highest BCUT2D eigenvalue weighted by molar-refractivity contribution is 5.74. The van der Waals surface area contributed by atoms with E-state index < -0.39 is 17.6 Å². The van der Waals surface area contributed by atoms with Crippen LogP contribution in [0, 0.1) is 5.92 Å². The SMILES string of the molecule is CC(C)C(NC(c1ccccc1)(c1ccccc1)c1ccccc1)C(=O)O.CCNCC. The van der Waals surface area contributed by atoms with Gasteiger partial charge in [0.25, 0.3) is 0 Å². The van der Waals surface area contributed by atoms with Crippen LogP contribution in [0.1, 0.15) is 44.4 Å². The van der Waals surface area contributed by atoms with Gasteiger partial charge in [0.1, 0.15) is 6.04 Å². The zero-order valence-electron chi connectivity index (χ0n) is 19.6. The molecule has 32 heavy (non-hydrogen) atoms. The zero-order chi connectivity index (χ0) is 23.4. The summed E-state index contributed by atoms with van der Waals surface area (Å²) >= 11 is 0. The number of benzene rings is 3. The molecular weight excluding hydrogens is 396 g/mol. The monoisotopic (exact) mass is 432 g/mol. The highest BCUT2D eigenvalue weighted by Gasteiger charge is 2.40. The summed E-state index contributed by atoms with van der Waals surface area (Å²) in [6.07, 6.45) is 0. The first-order valence-corrected chi connectivity index (χ1v) is 11.3. The van der Waals surface area contributed by atoms with Crippen LogP contribution in [-0.2, 0) is 10.3 Å². The summed E-state index contributed by atoms with van der Waals surface area (Å²) in [7, 11) is 0. The van der Waals surface area contributed by atoms with Crippen LogP contribution >= 0.6 is 0 Å². The molecule has 0 aliphatic heterocycles. The molecule has 3 aromatic carbocycles. The molecule has 1 atom stereocenters. The van der Waals surface area contributed by atoms with Crippen LogP contribution in [0.2, 0.25) is 0 Å². The number of hydrogen-bond donors (Lipinski definition) is 3. The molecule has 4 heteroatoms. The van der Waals surface area contributed by atoms with Gasteiger partial charge in [-0.1, -0.05) is 119 Å². The summed E-state index contributed by atoms with van der Waals surface area (Å²) in [5, 5.41) is 16.5. The van der Waals surface area contributed by atoms with Gasteiger partial charge in [-0.25, -0.2) is 0 Å². The van der Waals surface area contributed by atoms with Gasteiger partial charge in [0, 0.05) is 0 Å². The Morgan fingerprint density at radius 3 is 1.31 bits per heavy atom. The first-order valence-electron chi connectivity index (χ1n) is 11.3. The van der Waals surface area contributed by atoms with Crippen molar-refractivity contribution in [1.82, 2.24) is 10.6 Å². The van der Waals surface area contributed by atoms with E-state index in [1.807, 2.05) is 105 Å². The van der Waals surface area contributed by atoms with Gasteiger partial charge in [0.15, 0.2) is 0 Å². The number of rotatable bonds is 9. The number of hydrogen-bond acceptors (Lipinski definition) is 3. The molecule has 0 aromatic heterocycles. The Balaban J connectivity index is 0.000000654. The van der Waals surface area contributed by atoms with Crippen molar-refractivity contribution < 1.29 is 9.90 Å². The lowest BCUT2D eigenvalue weighted by atomic mass is 9.76. The molecule has 0 amide bonds. The van der Waals surface area contributed by atoms with Crippen LogP contribution in [0.25, 0.3) is 0 Å². The first kappa shape index (κ1) is 25.3. The molecule has 0 heterocycles. The minimum atomic E-state index is -0.850. The number of carboxylic acids is 1. The summed E-state index contributed by atoms with van der Waals surface area (Å²) < 4.78 is 0. The zero-order valence-corrected chi connectivity index (χ0v) is 19.6. The van der Waals surface area contributed by atoms with E-state index in [9.17, 15) is 9.90 Å². The van der Waals surface area contributed by atoms with E-state index in [2.05, 4.69) is 24.5 Å². The molecule has 0 fully saturated rings. The average Bonchev–Trinajstić information content (AvgIpc) is 2.82. The van der Waals surface area contributed by atoms with Crippen molar-refractivity contribution in [2.24, 2.45) is 5.92 Å². The van der Waals surface area contributed by atoms with Crippen LogP contribution in [0.15, 0.2) is 91.0 Å². The van der Waals surface area contributed by atoms with Gasteiger partial charge in [-0.3, -0.25) is 10.1 Å². The number of carbonyl (C=O) groups is 1. The van der Waals surface area contributed by atoms with Crippen molar-refractivity contribution >= 4 is 5.97 Å². The predicted octanol–water partition coefficient (Wildman–Crippen LogP) is 5.29. The fourth-order valence-corrected chi connectivity index (χ4v) is 3.81. The van der Waals surface area contributed by atoms with E-state index in [1.54, 1.807) is 0 Å². The molecule has 0 bridgehead atoms. The number of nitrogens with one attached hydrogen (secondary N) is 2. The Morgan fingerprint density at radius 1 is 0.750 bits per heavy atom. The Labute approximate surface area is 192 Å². The summed E-state index contributed by atoms with van der Waals surface area (Å²) in [4.78, 5) is 12.1. The summed E-state index contributed by atoms with van der Waals surface area (Å²) in [5.74, 6) is -0.921. The van der Waals surface area contributed by atoms with Gasteiger partial charge in [-0.15, -0.1) is 0 Å². The minimum absolute atomic E-state index is 0.0713. The van der Waals surface area contributed by atoms with Crippen LogP contribution in [-0.4, -0.2) is 30.2 Å². The third-order valence-electron chi connectivity index (χ3n) is 5.43. The fourth-order valence-electron chi connectivity index (χ4n) is 3.81. The van der Waals surface area contributed by atoms with E-state index in [0.717, 1.165) is 29.8 Å². The van der Waals surface area contributed by atoms with Gasteiger partial charge in [0.2, 0.25) is 0 Å². The smallest absolute Gasteiger partial charge is 0.321 e. The lowest BCUT2D eigenvalue weighted by Gasteiger charge is -2.40. The van der Waals surface area contributed by atoms with Crippen molar-refractivity contribution in [2.45, 2.75) is 39.3 Å². The van der Waals surface area contributed by atoms with Gasteiger partial charge < -0.3 is 10.4 Å². The van der Waals surface area contributed by atoms with Gasteiger partial charge in [-0.05, 0) is 35.7 Å². The van der Waals surface area contributed by atoms with Crippen molar-refractivity contribution in [1.29, 1.82) is 0 Å². The largest absolute Gasteiger partial charge is 0.480 e. The topological polar surface area (TPSA) is 61.4 Å². The van der Waals surface area contributed by atoms with Crippen LogP contribution in [0.4, 0.5) is 0 Å². The van der Waals surface area contributed by atoms with Crippen LogP contribution in [0.5, 0.6) is 0 Å². The van der Waals surface area contributed by atoms with Crippen LogP contribution < -0.4 is 10.6 Å². The third-order valence-corrected chi connectivity index (χ3v) is 5.43. The second-order valence-corrected chi connectivity index (χ2v) is 8.01. The molecule has 4 nitrogen and oxygen atoms in total. The highest BCUT2D eigenvalue weighted by atomic mass is 16.4. The highest BCUT2D eigenvalue weighted by Crippen LogP contribution is 2.37. The second kappa shape index (κ2) is 12.8. The molecule has 0 saturated carbocycles. The normalized spacial score (nSPS) is 12.0. The third kappa shape index (κ3) is 6.28. The van der Waals surface area contributed by atoms with Crippen molar-refractivity contribution in [3.63, 3.8) is 0 Å². The summed E-state index contributed by atoms with van der Waals surface area (Å²) in [6.45, 7) is 10.2. The Kier molecular flexibility index (Phi) is 10.1. The number of aliphatic carboxylic acids is 1. The Bertz CT molecular complexity index is 813. The van der Waals surface area contributed by atoms with Gasteiger partial charge in [0.05, 0.1) is 5.54 Å². The first-order chi connectivity index (χ1) is 15.5. The molecule has 0 radical (unpaired) electrons. The van der Waals surface area contributed by atoms with E-state index >= 15 is 0 Å². The van der Waals surface area contributed by atoms with E-state index in [4.69, 9.17) is 0 Å². The molecule has 3 N–H and O–H groups in total. The van der Waals surface area contributed by atoms with E-state index in [0.29, 0.717) is 0 Å². The second-order valence-electron chi connectivity index (χ2n) is 8.01. The maximum absolute atomic E-state index is 12.1. The maximum Gasteiger partial charge on any atom is 0.321 e. The fraction of sp³-hybridized carbons (Fsp3) is 0.321. The van der Waals surface area contributed by atoms with Crippen molar-refractivity contribution in [2.75, 3.05) is 13.1 Å². The van der Waals surface area contributed by atoms with Crippen molar-refractivity contribution in [3.8, 4) is 0 Å². The lowest BCUT2D eigenvalue weighted by Crippen LogP contribution is -2.54. The van der Waals surface area contributed by atoms with Gasteiger partial charge >= 0.3 is 5.97 Å². The molecule has 0 aliphatic rings. The number of carboxylic acid groups (broad SMARTS) is 1. The molecule has 3 aromatic rings.